The Labute approximate surface area is 169 Å². The van der Waals surface area contributed by atoms with Gasteiger partial charge >= 0.3 is 0 Å². The van der Waals surface area contributed by atoms with Crippen molar-refractivity contribution in [3.63, 3.8) is 0 Å². The largest absolute Gasteiger partial charge is 0.457 e. The summed E-state index contributed by atoms with van der Waals surface area (Å²) < 4.78 is 6.04. The molecule has 4 aromatic rings. The monoisotopic (exact) mass is 385 g/mol. The number of hydrogen-bond donors (Lipinski definition) is 2. The van der Waals surface area contributed by atoms with Gasteiger partial charge in [0, 0.05) is 44.3 Å². The van der Waals surface area contributed by atoms with E-state index >= 15 is 0 Å². The lowest BCUT2D eigenvalue weighted by atomic mass is 10.1. The quantitative estimate of drug-likeness (QED) is 0.547. The van der Waals surface area contributed by atoms with Crippen molar-refractivity contribution in [1.29, 1.82) is 0 Å². The average Bonchev–Trinajstić information content (AvgIpc) is 3.30. The predicted octanol–water partition coefficient (Wildman–Crippen LogP) is 3.82. The summed E-state index contributed by atoms with van der Waals surface area (Å²) in [7, 11) is 0. The van der Waals surface area contributed by atoms with Gasteiger partial charge in [0.25, 0.3) is 0 Å². The van der Waals surface area contributed by atoms with Crippen molar-refractivity contribution >= 4 is 10.9 Å². The molecule has 5 rings (SSSR count). The van der Waals surface area contributed by atoms with E-state index in [4.69, 9.17) is 9.72 Å². The van der Waals surface area contributed by atoms with Crippen molar-refractivity contribution in [2.45, 2.75) is 6.54 Å². The van der Waals surface area contributed by atoms with Crippen LogP contribution in [0.5, 0.6) is 11.5 Å². The molecule has 0 saturated carbocycles. The lowest BCUT2D eigenvalue weighted by Crippen LogP contribution is -2.43. The lowest BCUT2D eigenvalue weighted by Gasteiger charge is -2.26. The Morgan fingerprint density at radius 2 is 1.72 bits per heavy atom. The molecule has 0 spiro atoms. The fraction of sp³-hybridized carbons (Fsp3) is 0.217. The number of fused-ring (bicyclic) bond motifs is 1. The number of pyridine rings is 1. The number of aromatic amines is 1. The Hall–Kier alpha value is -3.22. The number of H-pyrrole nitrogens is 1. The van der Waals surface area contributed by atoms with Gasteiger partial charge in [-0.25, -0.2) is 0 Å². The SMILES string of the molecule is c1cc(-c2ccc(Oc3ccc4nc(CN5CCNCC5)ccc4c3)cc2)[nH]n1. The van der Waals surface area contributed by atoms with Crippen LogP contribution in [0.3, 0.4) is 0 Å². The van der Waals surface area contributed by atoms with E-state index in [1.807, 2.05) is 48.5 Å². The molecule has 0 bridgehead atoms. The predicted molar refractivity (Wildman–Crippen MR) is 114 cm³/mol. The first-order valence-corrected chi connectivity index (χ1v) is 9.94. The summed E-state index contributed by atoms with van der Waals surface area (Å²) in [5, 5.41) is 11.4. The molecule has 0 unspecified atom stereocenters. The van der Waals surface area contributed by atoms with Crippen LogP contribution >= 0.6 is 0 Å². The molecule has 2 aromatic carbocycles. The van der Waals surface area contributed by atoms with Crippen LogP contribution in [0.4, 0.5) is 0 Å². The third kappa shape index (κ3) is 4.13. The van der Waals surface area contributed by atoms with Crippen LogP contribution in [0.25, 0.3) is 22.2 Å². The van der Waals surface area contributed by atoms with Crippen LogP contribution in [-0.2, 0) is 6.54 Å². The molecule has 29 heavy (non-hydrogen) atoms. The second-order valence-corrected chi connectivity index (χ2v) is 7.28. The Morgan fingerprint density at radius 1 is 0.897 bits per heavy atom. The van der Waals surface area contributed by atoms with Gasteiger partial charge in [-0.2, -0.15) is 5.10 Å². The summed E-state index contributed by atoms with van der Waals surface area (Å²) in [6.07, 6.45) is 1.75. The van der Waals surface area contributed by atoms with E-state index in [9.17, 15) is 0 Å². The second-order valence-electron chi connectivity index (χ2n) is 7.28. The van der Waals surface area contributed by atoms with E-state index in [-0.39, 0.29) is 0 Å². The first kappa shape index (κ1) is 17.8. The number of nitrogens with zero attached hydrogens (tertiary/aromatic N) is 3. The van der Waals surface area contributed by atoms with E-state index in [2.05, 4.69) is 32.5 Å². The summed E-state index contributed by atoms with van der Waals surface area (Å²) in [6, 6.07) is 20.2. The normalized spacial score (nSPS) is 14.9. The zero-order chi connectivity index (χ0) is 19.5. The second kappa shape index (κ2) is 8.03. The van der Waals surface area contributed by atoms with Gasteiger partial charge in [-0.3, -0.25) is 15.0 Å². The molecule has 1 aliphatic heterocycles. The fourth-order valence-corrected chi connectivity index (χ4v) is 3.65. The molecular weight excluding hydrogens is 362 g/mol. The number of ether oxygens (including phenoxy) is 1. The molecule has 0 atom stereocenters. The van der Waals surface area contributed by atoms with Crippen LogP contribution in [0.1, 0.15) is 5.69 Å². The lowest BCUT2D eigenvalue weighted by molar-refractivity contribution is 0.231. The van der Waals surface area contributed by atoms with E-state index in [0.29, 0.717) is 0 Å². The molecule has 0 aliphatic carbocycles. The van der Waals surface area contributed by atoms with Gasteiger partial charge in [-0.15, -0.1) is 0 Å². The number of nitrogens with one attached hydrogen (secondary N) is 2. The molecule has 6 heteroatoms. The first-order valence-electron chi connectivity index (χ1n) is 9.94. The number of aromatic nitrogens is 3. The molecule has 6 nitrogen and oxygen atoms in total. The number of piperazine rings is 1. The summed E-state index contributed by atoms with van der Waals surface area (Å²) >= 11 is 0. The zero-order valence-electron chi connectivity index (χ0n) is 16.1. The molecule has 146 valence electrons. The Bertz CT molecular complexity index is 1090. The van der Waals surface area contributed by atoms with Crippen LogP contribution in [0.15, 0.2) is 66.9 Å². The maximum atomic E-state index is 6.04. The molecule has 0 amide bonds. The van der Waals surface area contributed by atoms with Gasteiger partial charge in [-0.05, 0) is 60.2 Å². The Morgan fingerprint density at radius 3 is 2.52 bits per heavy atom. The molecule has 0 radical (unpaired) electrons. The van der Waals surface area contributed by atoms with Crippen molar-refractivity contribution in [2.24, 2.45) is 0 Å². The number of rotatable bonds is 5. The van der Waals surface area contributed by atoms with Crippen molar-refractivity contribution in [3.05, 3.63) is 72.6 Å². The third-order valence-corrected chi connectivity index (χ3v) is 5.22. The fourth-order valence-electron chi connectivity index (χ4n) is 3.65. The maximum absolute atomic E-state index is 6.04. The molecule has 1 aliphatic rings. The van der Waals surface area contributed by atoms with Crippen molar-refractivity contribution in [1.82, 2.24) is 25.4 Å². The van der Waals surface area contributed by atoms with Crippen LogP contribution in [0, 0.1) is 0 Å². The van der Waals surface area contributed by atoms with E-state index in [1.54, 1.807) is 6.20 Å². The number of benzene rings is 2. The van der Waals surface area contributed by atoms with Gasteiger partial charge < -0.3 is 10.1 Å². The molecule has 1 saturated heterocycles. The van der Waals surface area contributed by atoms with Crippen molar-refractivity contribution < 1.29 is 4.74 Å². The number of hydrogen-bond acceptors (Lipinski definition) is 5. The summed E-state index contributed by atoms with van der Waals surface area (Å²) in [4.78, 5) is 7.27. The highest BCUT2D eigenvalue weighted by Gasteiger charge is 2.11. The molecule has 1 fully saturated rings. The Kier molecular flexibility index (Phi) is 4.94. The zero-order valence-corrected chi connectivity index (χ0v) is 16.1. The van der Waals surface area contributed by atoms with Crippen molar-refractivity contribution in [3.8, 4) is 22.8 Å². The van der Waals surface area contributed by atoms with Gasteiger partial charge in [-0.1, -0.05) is 6.07 Å². The van der Waals surface area contributed by atoms with Gasteiger partial charge in [0.1, 0.15) is 11.5 Å². The van der Waals surface area contributed by atoms with Crippen LogP contribution in [-0.4, -0.2) is 46.3 Å². The summed E-state index contributed by atoms with van der Waals surface area (Å²) in [6.45, 7) is 5.16. The van der Waals surface area contributed by atoms with Gasteiger partial charge in [0.2, 0.25) is 0 Å². The van der Waals surface area contributed by atoms with Gasteiger partial charge in [0.15, 0.2) is 0 Å². The van der Waals surface area contributed by atoms with Crippen LogP contribution < -0.4 is 10.1 Å². The van der Waals surface area contributed by atoms with E-state index in [1.165, 1.54) is 0 Å². The third-order valence-electron chi connectivity index (χ3n) is 5.22. The van der Waals surface area contributed by atoms with E-state index in [0.717, 1.165) is 72.1 Å². The standard InChI is InChI=1S/C23H23N5O/c1-4-19(16-28-13-11-24-12-14-28)26-22-8-7-21(15-18(1)22)29-20-5-2-17(3-6-20)23-9-10-25-27-23/h1-10,15,24H,11-14,16H2,(H,25,27). The minimum absolute atomic E-state index is 0.802. The highest BCUT2D eigenvalue weighted by atomic mass is 16.5. The molecule has 2 aromatic heterocycles. The molecule has 3 heterocycles. The summed E-state index contributed by atoms with van der Waals surface area (Å²) in [5.74, 6) is 1.61. The minimum Gasteiger partial charge on any atom is -0.457 e. The first-order chi connectivity index (χ1) is 14.3. The highest BCUT2D eigenvalue weighted by Crippen LogP contribution is 2.27. The highest BCUT2D eigenvalue weighted by molar-refractivity contribution is 5.80. The Balaban J connectivity index is 1.30. The van der Waals surface area contributed by atoms with Gasteiger partial charge in [0.05, 0.1) is 16.9 Å². The smallest absolute Gasteiger partial charge is 0.128 e. The molecular formula is C23H23N5O. The summed E-state index contributed by atoms with van der Waals surface area (Å²) in [5.41, 5.74) is 4.18. The maximum Gasteiger partial charge on any atom is 0.128 e. The minimum atomic E-state index is 0.802. The average molecular weight is 385 g/mol. The molecule has 2 N–H and O–H groups in total. The topological polar surface area (TPSA) is 66.1 Å². The van der Waals surface area contributed by atoms with Crippen LogP contribution in [0.2, 0.25) is 0 Å². The van der Waals surface area contributed by atoms with Crippen molar-refractivity contribution in [2.75, 3.05) is 26.2 Å². The van der Waals surface area contributed by atoms with E-state index < -0.39 is 0 Å².